The van der Waals surface area contributed by atoms with Crippen LogP contribution in [0, 0.1) is 0 Å². The van der Waals surface area contributed by atoms with Crippen LogP contribution in [0.4, 0.5) is 4.79 Å². The zero-order valence-corrected chi connectivity index (χ0v) is 15.4. The summed E-state index contributed by atoms with van der Waals surface area (Å²) in [5.41, 5.74) is 1.66. The van der Waals surface area contributed by atoms with Crippen molar-refractivity contribution in [2.75, 3.05) is 6.61 Å². The van der Waals surface area contributed by atoms with Crippen molar-refractivity contribution in [3.8, 4) is 0 Å². The standard InChI is InChI=1S/C21H23N3O4/c25-14-18(16-9-5-2-6-10-16)22-19(26)12-11-17-20(27)24(21(28)23-17)13-15-7-3-1-4-8-15/h1-10,17-18,25H,11-14H2,(H,22,26)(H,23,28)/t17-,18+/m0/s1. The number of aliphatic hydroxyl groups is 1. The van der Waals surface area contributed by atoms with Crippen LogP contribution in [0.1, 0.15) is 30.0 Å². The highest BCUT2D eigenvalue weighted by Crippen LogP contribution is 2.16. The van der Waals surface area contributed by atoms with Crippen molar-refractivity contribution in [1.82, 2.24) is 15.5 Å². The molecule has 146 valence electrons. The predicted molar refractivity (Wildman–Crippen MR) is 103 cm³/mol. The second kappa shape index (κ2) is 9.14. The summed E-state index contributed by atoms with van der Waals surface area (Å²) in [4.78, 5) is 38.0. The van der Waals surface area contributed by atoms with Gasteiger partial charge in [-0.15, -0.1) is 0 Å². The zero-order valence-electron chi connectivity index (χ0n) is 15.4. The summed E-state index contributed by atoms with van der Waals surface area (Å²) in [7, 11) is 0. The summed E-state index contributed by atoms with van der Waals surface area (Å²) in [5, 5.41) is 14.9. The molecule has 7 nitrogen and oxygen atoms in total. The smallest absolute Gasteiger partial charge is 0.325 e. The van der Waals surface area contributed by atoms with Crippen molar-refractivity contribution >= 4 is 17.8 Å². The van der Waals surface area contributed by atoms with Crippen molar-refractivity contribution in [2.45, 2.75) is 31.5 Å². The molecule has 1 saturated heterocycles. The number of nitrogens with zero attached hydrogens (tertiary/aromatic N) is 1. The number of urea groups is 1. The van der Waals surface area contributed by atoms with E-state index in [1.54, 1.807) is 0 Å². The van der Waals surface area contributed by atoms with E-state index in [0.29, 0.717) is 0 Å². The Morgan fingerprint density at radius 2 is 1.71 bits per heavy atom. The van der Waals surface area contributed by atoms with Crippen LogP contribution < -0.4 is 10.6 Å². The maximum atomic E-state index is 12.5. The van der Waals surface area contributed by atoms with Crippen LogP contribution in [-0.2, 0) is 16.1 Å². The number of benzene rings is 2. The second-order valence-electron chi connectivity index (χ2n) is 6.66. The number of rotatable bonds is 8. The molecule has 2 aromatic rings. The molecule has 0 saturated carbocycles. The molecule has 2 atom stereocenters. The van der Waals surface area contributed by atoms with Crippen LogP contribution >= 0.6 is 0 Å². The van der Waals surface area contributed by atoms with Gasteiger partial charge in [0, 0.05) is 6.42 Å². The van der Waals surface area contributed by atoms with Gasteiger partial charge in [0.15, 0.2) is 0 Å². The van der Waals surface area contributed by atoms with Crippen LogP contribution in [0.25, 0.3) is 0 Å². The first kappa shape index (κ1) is 19.6. The molecule has 3 rings (SSSR count). The van der Waals surface area contributed by atoms with Crippen molar-refractivity contribution in [1.29, 1.82) is 0 Å². The Hall–Kier alpha value is -3.19. The van der Waals surface area contributed by atoms with Gasteiger partial charge < -0.3 is 15.7 Å². The largest absolute Gasteiger partial charge is 0.394 e. The lowest BCUT2D eigenvalue weighted by Crippen LogP contribution is -2.34. The normalized spacial score (nSPS) is 17.3. The van der Waals surface area contributed by atoms with Crippen LogP contribution in [-0.4, -0.2) is 40.5 Å². The third-order valence-corrected chi connectivity index (χ3v) is 4.67. The van der Waals surface area contributed by atoms with E-state index in [4.69, 9.17) is 0 Å². The first-order chi connectivity index (χ1) is 13.6. The lowest BCUT2D eigenvalue weighted by molar-refractivity contribution is -0.128. The molecule has 3 N–H and O–H groups in total. The van der Waals surface area contributed by atoms with Gasteiger partial charge >= 0.3 is 6.03 Å². The van der Waals surface area contributed by atoms with Gasteiger partial charge in [-0.3, -0.25) is 14.5 Å². The fraction of sp³-hybridized carbons (Fsp3) is 0.286. The van der Waals surface area contributed by atoms with E-state index in [1.807, 2.05) is 60.7 Å². The molecule has 4 amide bonds. The van der Waals surface area contributed by atoms with E-state index in [-0.39, 0.29) is 37.8 Å². The quantitative estimate of drug-likeness (QED) is 0.607. The fourth-order valence-electron chi connectivity index (χ4n) is 3.15. The van der Waals surface area contributed by atoms with Crippen molar-refractivity contribution in [2.24, 2.45) is 0 Å². The summed E-state index contributed by atoms with van der Waals surface area (Å²) >= 11 is 0. The second-order valence-corrected chi connectivity index (χ2v) is 6.66. The number of hydrogen-bond acceptors (Lipinski definition) is 4. The Kier molecular flexibility index (Phi) is 6.39. The van der Waals surface area contributed by atoms with Gasteiger partial charge in [0.25, 0.3) is 5.91 Å². The van der Waals surface area contributed by atoms with E-state index in [0.717, 1.165) is 11.1 Å². The summed E-state index contributed by atoms with van der Waals surface area (Å²) in [6, 6.07) is 16.8. The van der Waals surface area contributed by atoms with Gasteiger partial charge in [-0.2, -0.15) is 0 Å². The van der Waals surface area contributed by atoms with E-state index >= 15 is 0 Å². The van der Waals surface area contributed by atoms with E-state index in [1.165, 1.54) is 4.90 Å². The Morgan fingerprint density at radius 3 is 2.36 bits per heavy atom. The van der Waals surface area contributed by atoms with Gasteiger partial charge in [0.2, 0.25) is 5.91 Å². The van der Waals surface area contributed by atoms with Crippen molar-refractivity contribution < 1.29 is 19.5 Å². The summed E-state index contributed by atoms with van der Waals surface area (Å²) < 4.78 is 0. The fourth-order valence-corrected chi connectivity index (χ4v) is 3.15. The first-order valence-electron chi connectivity index (χ1n) is 9.19. The van der Waals surface area contributed by atoms with Crippen molar-refractivity contribution in [3.05, 3.63) is 71.8 Å². The number of hydrogen-bond donors (Lipinski definition) is 3. The molecular formula is C21H23N3O4. The van der Waals surface area contributed by atoms with Gasteiger partial charge in [0.1, 0.15) is 6.04 Å². The van der Waals surface area contributed by atoms with Crippen LogP contribution in [0.5, 0.6) is 0 Å². The average Bonchev–Trinajstić information content (AvgIpc) is 2.99. The Balaban J connectivity index is 1.52. The molecular weight excluding hydrogens is 358 g/mol. The molecule has 1 heterocycles. The number of amides is 4. The Labute approximate surface area is 163 Å². The highest BCUT2D eigenvalue weighted by molar-refractivity contribution is 6.04. The summed E-state index contributed by atoms with van der Waals surface area (Å²) in [6.07, 6.45) is 0.272. The number of imide groups is 1. The average molecular weight is 381 g/mol. The molecule has 0 spiro atoms. The first-order valence-corrected chi connectivity index (χ1v) is 9.19. The third-order valence-electron chi connectivity index (χ3n) is 4.67. The molecule has 28 heavy (non-hydrogen) atoms. The molecule has 1 aliphatic heterocycles. The lowest BCUT2D eigenvalue weighted by atomic mass is 10.1. The number of carbonyl (C=O) groups excluding carboxylic acids is 3. The van der Waals surface area contributed by atoms with Crippen LogP contribution in [0.3, 0.4) is 0 Å². The molecule has 2 aromatic carbocycles. The van der Waals surface area contributed by atoms with Gasteiger partial charge in [-0.1, -0.05) is 60.7 Å². The zero-order chi connectivity index (χ0) is 19.9. The maximum Gasteiger partial charge on any atom is 0.325 e. The molecule has 0 radical (unpaired) electrons. The van der Waals surface area contributed by atoms with Gasteiger partial charge in [-0.05, 0) is 17.5 Å². The Bertz CT molecular complexity index is 826. The van der Waals surface area contributed by atoms with Crippen LogP contribution in [0.2, 0.25) is 0 Å². The number of aliphatic hydroxyl groups excluding tert-OH is 1. The summed E-state index contributed by atoms with van der Waals surface area (Å²) in [5.74, 6) is -0.616. The highest BCUT2D eigenvalue weighted by atomic mass is 16.3. The molecule has 0 unspecified atom stereocenters. The van der Waals surface area contributed by atoms with Crippen molar-refractivity contribution in [3.63, 3.8) is 0 Å². The topological polar surface area (TPSA) is 98.7 Å². The highest BCUT2D eigenvalue weighted by Gasteiger charge is 2.37. The minimum atomic E-state index is -0.716. The molecule has 1 fully saturated rings. The van der Waals surface area contributed by atoms with Gasteiger partial charge in [0.05, 0.1) is 19.2 Å². The molecule has 0 bridgehead atoms. The maximum absolute atomic E-state index is 12.5. The predicted octanol–water partition coefficient (Wildman–Crippen LogP) is 1.74. The Morgan fingerprint density at radius 1 is 1.07 bits per heavy atom. The number of carbonyl (C=O) groups is 3. The molecule has 0 aliphatic carbocycles. The SMILES string of the molecule is O=C(CC[C@@H]1NC(=O)N(Cc2ccccc2)C1=O)N[C@H](CO)c1ccccc1. The molecule has 0 aromatic heterocycles. The molecule has 7 heteroatoms. The summed E-state index contributed by atoms with van der Waals surface area (Å²) in [6.45, 7) is -0.0193. The molecule has 1 aliphatic rings. The monoisotopic (exact) mass is 381 g/mol. The van der Waals surface area contributed by atoms with E-state index < -0.39 is 18.1 Å². The minimum absolute atomic E-state index is 0.0686. The minimum Gasteiger partial charge on any atom is -0.394 e. The third kappa shape index (κ3) is 4.75. The van der Waals surface area contributed by atoms with E-state index in [9.17, 15) is 19.5 Å². The van der Waals surface area contributed by atoms with Gasteiger partial charge in [-0.25, -0.2) is 4.79 Å². The lowest BCUT2D eigenvalue weighted by Gasteiger charge is -2.17. The number of nitrogens with one attached hydrogen (secondary N) is 2. The van der Waals surface area contributed by atoms with Crippen LogP contribution in [0.15, 0.2) is 60.7 Å². The van der Waals surface area contributed by atoms with E-state index in [2.05, 4.69) is 10.6 Å².